The van der Waals surface area contributed by atoms with E-state index >= 15 is 0 Å². The van der Waals surface area contributed by atoms with Crippen LogP contribution in [0.2, 0.25) is 0 Å². The van der Waals surface area contributed by atoms with E-state index in [0.717, 1.165) is 39.4 Å². The number of hydrogen-bond donors (Lipinski definition) is 0. The number of nitrogens with zero attached hydrogens (tertiary/aromatic N) is 2. The van der Waals surface area contributed by atoms with Crippen LogP contribution in [0, 0.1) is 0 Å². The second kappa shape index (κ2) is 17.4. The standard InChI is InChI=1S/C68H46N2/c1-5-20-48(21-6-1)57-30-15-17-34-64(57)69(56-29-19-26-51(44-56)53-39-43-66-62(45-53)60-32-16-18-35-65(60)70(66)54-27-11-4-12-28-54)55-40-36-47(37-41-55)52-38-42-59-58-31-13-14-33-61(58)67(49-22-7-2-8-23-49)68(63(59)46-52)50-24-9-3-10-25-50/h1-46H. The van der Waals surface area contributed by atoms with Crippen molar-refractivity contribution in [1.82, 2.24) is 4.57 Å². The number of fused-ring (bicyclic) bond motifs is 6. The zero-order valence-electron chi connectivity index (χ0n) is 38.5. The van der Waals surface area contributed by atoms with Gasteiger partial charge >= 0.3 is 0 Å². The zero-order valence-corrected chi connectivity index (χ0v) is 38.5. The molecule has 1 heterocycles. The summed E-state index contributed by atoms with van der Waals surface area (Å²) < 4.78 is 2.38. The van der Waals surface area contributed by atoms with Crippen LogP contribution in [0.15, 0.2) is 279 Å². The molecule has 0 fully saturated rings. The predicted octanol–water partition coefficient (Wildman–Crippen LogP) is 18.9. The van der Waals surface area contributed by atoms with Crippen molar-refractivity contribution in [3.8, 4) is 61.3 Å². The SMILES string of the molecule is c1ccc(-c2ccccc2N(c2ccc(-c3ccc4c(c3)c(-c3ccccc3)c(-c3ccccc3)c3ccccc34)cc2)c2cccc(-c3ccc4c(c3)c3ccccc3n4-c3ccccc3)c2)cc1. The highest BCUT2D eigenvalue weighted by Gasteiger charge is 2.21. The Bertz CT molecular complexity index is 4020. The first kappa shape index (κ1) is 41.0. The Morgan fingerprint density at radius 3 is 1.46 bits per heavy atom. The lowest BCUT2D eigenvalue weighted by atomic mass is 9.84. The van der Waals surface area contributed by atoms with Crippen molar-refractivity contribution in [3.63, 3.8) is 0 Å². The molecule has 0 saturated carbocycles. The van der Waals surface area contributed by atoms with Crippen LogP contribution in [0.3, 0.4) is 0 Å². The molecule has 12 aromatic carbocycles. The molecule has 0 unspecified atom stereocenters. The van der Waals surface area contributed by atoms with Crippen molar-refractivity contribution in [3.05, 3.63) is 279 Å². The number of rotatable bonds is 9. The van der Waals surface area contributed by atoms with Crippen molar-refractivity contribution in [2.24, 2.45) is 0 Å². The fourth-order valence-corrected chi connectivity index (χ4v) is 10.8. The molecule has 0 N–H and O–H groups in total. The quantitative estimate of drug-likeness (QED) is 0.131. The van der Waals surface area contributed by atoms with E-state index in [1.807, 2.05) is 0 Å². The van der Waals surface area contributed by atoms with Gasteiger partial charge in [-0.3, -0.25) is 0 Å². The van der Waals surface area contributed by atoms with Gasteiger partial charge in [-0.05, 0) is 138 Å². The molecular formula is C68H46N2. The van der Waals surface area contributed by atoms with Crippen LogP contribution in [0.25, 0.3) is 105 Å². The highest BCUT2D eigenvalue weighted by atomic mass is 15.1. The molecule has 328 valence electrons. The third kappa shape index (κ3) is 7.13. The lowest BCUT2D eigenvalue weighted by Gasteiger charge is -2.28. The van der Waals surface area contributed by atoms with Crippen molar-refractivity contribution >= 4 is 60.4 Å². The molecule has 0 aliphatic rings. The van der Waals surface area contributed by atoms with E-state index in [0.29, 0.717) is 0 Å². The summed E-state index contributed by atoms with van der Waals surface area (Å²) in [5, 5.41) is 7.48. The van der Waals surface area contributed by atoms with Crippen LogP contribution < -0.4 is 4.90 Å². The molecule has 13 rings (SSSR count). The fraction of sp³-hybridized carbons (Fsp3) is 0. The number of aromatic nitrogens is 1. The molecule has 0 aliphatic heterocycles. The van der Waals surface area contributed by atoms with Crippen LogP contribution in [0.1, 0.15) is 0 Å². The maximum atomic E-state index is 2.42. The van der Waals surface area contributed by atoms with Gasteiger partial charge in [0.25, 0.3) is 0 Å². The second-order valence-corrected chi connectivity index (χ2v) is 18.0. The second-order valence-electron chi connectivity index (χ2n) is 18.0. The van der Waals surface area contributed by atoms with E-state index in [2.05, 4.69) is 289 Å². The predicted molar refractivity (Wildman–Crippen MR) is 298 cm³/mol. The van der Waals surface area contributed by atoms with Crippen LogP contribution in [-0.2, 0) is 0 Å². The number of anilines is 3. The molecular weight excluding hydrogens is 845 g/mol. The monoisotopic (exact) mass is 890 g/mol. The normalized spacial score (nSPS) is 11.4. The van der Waals surface area contributed by atoms with E-state index in [-0.39, 0.29) is 0 Å². The molecule has 0 amide bonds. The minimum Gasteiger partial charge on any atom is -0.310 e. The minimum absolute atomic E-state index is 1.08. The smallest absolute Gasteiger partial charge is 0.0541 e. The van der Waals surface area contributed by atoms with Gasteiger partial charge in [0, 0.05) is 33.4 Å². The van der Waals surface area contributed by atoms with Gasteiger partial charge in [0.15, 0.2) is 0 Å². The summed E-state index contributed by atoms with van der Waals surface area (Å²) in [5.74, 6) is 0. The summed E-state index contributed by atoms with van der Waals surface area (Å²) in [6, 6.07) is 102. The maximum absolute atomic E-state index is 2.42. The Morgan fingerprint density at radius 1 is 0.243 bits per heavy atom. The largest absolute Gasteiger partial charge is 0.310 e. The van der Waals surface area contributed by atoms with Crippen molar-refractivity contribution in [1.29, 1.82) is 0 Å². The van der Waals surface area contributed by atoms with E-state index in [9.17, 15) is 0 Å². The first-order chi connectivity index (χ1) is 34.7. The zero-order chi connectivity index (χ0) is 46.4. The van der Waals surface area contributed by atoms with Gasteiger partial charge in [0.1, 0.15) is 0 Å². The Kier molecular flexibility index (Phi) is 10.2. The number of hydrogen-bond acceptors (Lipinski definition) is 1. The summed E-state index contributed by atoms with van der Waals surface area (Å²) in [4.78, 5) is 2.42. The summed E-state index contributed by atoms with van der Waals surface area (Å²) in [7, 11) is 0. The Hall–Kier alpha value is -9.24. The van der Waals surface area contributed by atoms with E-state index in [4.69, 9.17) is 0 Å². The first-order valence-corrected chi connectivity index (χ1v) is 24.1. The molecule has 0 aliphatic carbocycles. The minimum atomic E-state index is 1.08. The fourth-order valence-electron chi connectivity index (χ4n) is 10.8. The molecule has 2 heteroatoms. The van der Waals surface area contributed by atoms with Crippen LogP contribution in [0.4, 0.5) is 17.1 Å². The van der Waals surface area contributed by atoms with Crippen molar-refractivity contribution < 1.29 is 0 Å². The van der Waals surface area contributed by atoms with E-state index in [1.54, 1.807) is 0 Å². The van der Waals surface area contributed by atoms with Gasteiger partial charge < -0.3 is 9.47 Å². The molecule has 0 saturated heterocycles. The van der Waals surface area contributed by atoms with E-state index < -0.39 is 0 Å². The van der Waals surface area contributed by atoms with Gasteiger partial charge in [-0.2, -0.15) is 0 Å². The van der Waals surface area contributed by atoms with Crippen molar-refractivity contribution in [2.45, 2.75) is 0 Å². The molecule has 2 nitrogen and oxygen atoms in total. The molecule has 0 bridgehead atoms. The van der Waals surface area contributed by atoms with Crippen molar-refractivity contribution in [2.75, 3.05) is 4.90 Å². The highest BCUT2D eigenvalue weighted by Crippen LogP contribution is 2.47. The molecule has 13 aromatic rings. The number of benzene rings is 12. The van der Waals surface area contributed by atoms with Crippen LogP contribution in [0.5, 0.6) is 0 Å². The van der Waals surface area contributed by atoms with E-state index in [1.165, 1.54) is 82.3 Å². The van der Waals surface area contributed by atoms with Crippen LogP contribution >= 0.6 is 0 Å². The molecule has 1 aromatic heterocycles. The summed E-state index contributed by atoms with van der Waals surface area (Å²) in [6.07, 6.45) is 0. The molecule has 0 spiro atoms. The summed E-state index contributed by atoms with van der Waals surface area (Å²) >= 11 is 0. The Morgan fingerprint density at radius 2 is 0.729 bits per heavy atom. The first-order valence-electron chi connectivity index (χ1n) is 24.1. The molecule has 70 heavy (non-hydrogen) atoms. The van der Waals surface area contributed by atoms with Crippen LogP contribution in [-0.4, -0.2) is 4.57 Å². The van der Waals surface area contributed by atoms with Gasteiger partial charge in [-0.1, -0.05) is 212 Å². The Labute approximate surface area is 408 Å². The summed E-state index contributed by atoms with van der Waals surface area (Å²) in [5.41, 5.74) is 18.8. The van der Waals surface area contributed by atoms with Gasteiger partial charge in [0.2, 0.25) is 0 Å². The number of para-hydroxylation sites is 3. The van der Waals surface area contributed by atoms with Gasteiger partial charge in [-0.15, -0.1) is 0 Å². The highest BCUT2D eigenvalue weighted by molar-refractivity contribution is 6.22. The lowest BCUT2D eigenvalue weighted by Crippen LogP contribution is -2.11. The Balaban J connectivity index is 0.953. The molecule has 0 atom stereocenters. The molecule has 0 radical (unpaired) electrons. The maximum Gasteiger partial charge on any atom is 0.0541 e. The van der Waals surface area contributed by atoms with Gasteiger partial charge in [0.05, 0.1) is 16.7 Å². The summed E-state index contributed by atoms with van der Waals surface area (Å²) in [6.45, 7) is 0. The average Bonchev–Trinajstić information content (AvgIpc) is 3.78. The lowest BCUT2D eigenvalue weighted by molar-refractivity contribution is 1.18. The van der Waals surface area contributed by atoms with Gasteiger partial charge in [-0.25, -0.2) is 0 Å². The average molecular weight is 891 g/mol. The third-order valence-electron chi connectivity index (χ3n) is 14.0. The topological polar surface area (TPSA) is 8.17 Å². The third-order valence-corrected chi connectivity index (χ3v) is 14.0.